The Labute approximate surface area is 256 Å². The number of sulfone groups is 2. The molecule has 7 nitrogen and oxygen atoms in total. The normalized spacial score (nSPS) is 13.8. The second kappa shape index (κ2) is 11.4. The average molecular weight is 633 g/mol. The van der Waals surface area contributed by atoms with Gasteiger partial charge in [-0.3, -0.25) is 4.98 Å². The van der Waals surface area contributed by atoms with Crippen LogP contribution in [0, 0.1) is 0 Å². The Balaban J connectivity index is 1.67. The molecule has 2 heterocycles. The standard InChI is InChI=1S/C33H32N2O5S3/c1-21(42(4,37)38)26-18-25-10-7-15-34-31(25)28(19-26)24-9-6-8-22(16-24)17-29(32-35-20-30(41-32)33(2,3)36)23-11-13-27(14-12-23)43(5,39)40/h6-21,36H,1-5H3/b29-17-. The number of aromatic nitrogens is 2. The number of fused-ring (bicyclic) bond motifs is 1. The first-order valence-corrected chi connectivity index (χ1v) is 18.2. The number of thiazole rings is 1. The Bertz CT molecular complexity index is 2070. The van der Waals surface area contributed by atoms with Gasteiger partial charge < -0.3 is 5.11 Å². The number of benzene rings is 3. The van der Waals surface area contributed by atoms with Crippen LogP contribution >= 0.6 is 11.3 Å². The zero-order chi connectivity index (χ0) is 31.2. The number of pyridine rings is 1. The Morgan fingerprint density at radius 1 is 0.930 bits per heavy atom. The van der Waals surface area contributed by atoms with Crippen LogP contribution in [0.15, 0.2) is 90.1 Å². The molecule has 0 fully saturated rings. The van der Waals surface area contributed by atoms with E-state index in [1.165, 1.54) is 23.8 Å². The Hall–Kier alpha value is -3.70. The number of rotatable bonds is 8. The zero-order valence-corrected chi connectivity index (χ0v) is 26.9. The van der Waals surface area contributed by atoms with Crippen LogP contribution in [0.2, 0.25) is 0 Å². The summed E-state index contributed by atoms with van der Waals surface area (Å²) in [6.07, 6.45) is 7.76. The van der Waals surface area contributed by atoms with E-state index in [0.29, 0.717) is 15.4 Å². The summed E-state index contributed by atoms with van der Waals surface area (Å²) in [6.45, 7) is 5.09. The summed E-state index contributed by atoms with van der Waals surface area (Å²) in [7, 11) is -6.69. The summed E-state index contributed by atoms with van der Waals surface area (Å²) in [4.78, 5) is 10.1. The summed E-state index contributed by atoms with van der Waals surface area (Å²) >= 11 is 1.37. The third-order valence-corrected chi connectivity index (χ3v) is 11.3. The molecule has 1 N–H and O–H groups in total. The van der Waals surface area contributed by atoms with Crippen molar-refractivity contribution >= 4 is 53.6 Å². The first-order chi connectivity index (χ1) is 20.1. The van der Waals surface area contributed by atoms with E-state index >= 15 is 0 Å². The van der Waals surface area contributed by atoms with Crippen molar-refractivity contribution in [3.8, 4) is 11.1 Å². The minimum absolute atomic E-state index is 0.219. The van der Waals surface area contributed by atoms with E-state index < -0.39 is 30.5 Å². The molecule has 0 bridgehead atoms. The molecular formula is C33H32N2O5S3. The van der Waals surface area contributed by atoms with Gasteiger partial charge in [0.25, 0.3) is 0 Å². The van der Waals surface area contributed by atoms with Crippen LogP contribution in [0.3, 0.4) is 0 Å². The average Bonchev–Trinajstić information content (AvgIpc) is 3.45. The van der Waals surface area contributed by atoms with E-state index in [9.17, 15) is 21.9 Å². The SMILES string of the molecule is CC(c1cc(-c2cccc(/C=C(/c3ccc(S(C)(=O)=O)cc3)c3ncc(C(C)(C)O)s3)c2)c2ncccc2c1)S(C)(=O)=O. The monoisotopic (exact) mass is 632 g/mol. The molecule has 1 atom stereocenters. The quantitative estimate of drug-likeness (QED) is 0.190. The lowest BCUT2D eigenvalue weighted by Gasteiger charge is -2.15. The van der Waals surface area contributed by atoms with Crippen LogP contribution in [0.25, 0.3) is 33.7 Å². The Kier molecular flexibility index (Phi) is 8.17. The van der Waals surface area contributed by atoms with Gasteiger partial charge in [0.1, 0.15) is 5.01 Å². The highest BCUT2D eigenvalue weighted by Crippen LogP contribution is 2.36. The molecule has 0 aliphatic rings. The van der Waals surface area contributed by atoms with Crippen molar-refractivity contribution in [3.63, 3.8) is 0 Å². The molecule has 222 valence electrons. The van der Waals surface area contributed by atoms with E-state index in [-0.39, 0.29) is 4.90 Å². The zero-order valence-electron chi connectivity index (χ0n) is 24.4. The van der Waals surface area contributed by atoms with E-state index in [2.05, 4.69) is 9.97 Å². The minimum Gasteiger partial charge on any atom is -0.385 e. The molecule has 0 aliphatic heterocycles. The second-order valence-electron chi connectivity index (χ2n) is 11.2. The molecule has 43 heavy (non-hydrogen) atoms. The van der Waals surface area contributed by atoms with Crippen LogP contribution in [0.5, 0.6) is 0 Å². The molecule has 0 amide bonds. The highest BCUT2D eigenvalue weighted by molar-refractivity contribution is 7.91. The fourth-order valence-electron chi connectivity index (χ4n) is 4.71. The van der Waals surface area contributed by atoms with Crippen LogP contribution in [0.4, 0.5) is 0 Å². The summed E-state index contributed by atoms with van der Waals surface area (Å²) in [5, 5.41) is 11.4. The highest BCUT2D eigenvalue weighted by atomic mass is 32.2. The smallest absolute Gasteiger partial charge is 0.175 e. The largest absolute Gasteiger partial charge is 0.385 e. The number of hydrogen-bond donors (Lipinski definition) is 1. The lowest BCUT2D eigenvalue weighted by atomic mass is 9.95. The van der Waals surface area contributed by atoms with Gasteiger partial charge in [-0.25, -0.2) is 21.8 Å². The van der Waals surface area contributed by atoms with Gasteiger partial charge in [-0.2, -0.15) is 0 Å². The van der Waals surface area contributed by atoms with E-state index in [4.69, 9.17) is 0 Å². The third kappa shape index (κ3) is 6.78. The van der Waals surface area contributed by atoms with Gasteiger partial charge in [0.05, 0.1) is 26.1 Å². The summed E-state index contributed by atoms with van der Waals surface area (Å²) < 4.78 is 49.0. The first kappa shape index (κ1) is 30.7. The summed E-state index contributed by atoms with van der Waals surface area (Å²) in [5.74, 6) is 0. The molecule has 10 heteroatoms. The lowest BCUT2D eigenvalue weighted by molar-refractivity contribution is 0.0823. The van der Waals surface area contributed by atoms with Crippen molar-refractivity contribution in [2.45, 2.75) is 36.5 Å². The van der Waals surface area contributed by atoms with E-state index in [1.807, 2.05) is 54.6 Å². The molecule has 0 spiro atoms. The predicted octanol–water partition coefficient (Wildman–Crippen LogP) is 6.68. The van der Waals surface area contributed by atoms with Crippen molar-refractivity contribution in [2.24, 2.45) is 0 Å². The van der Waals surface area contributed by atoms with Crippen molar-refractivity contribution in [1.29, 1.82) is 0 Å². The summed E-state index contributed by atoms with van der Waals surface area (Å²) in [5.41, 5.74) is 4.45. The van der Waals surface area contributed by atoms with Gasteiger partial charge >= 0.3 is 0 Å². The molecule has 2 aromatic heterocycles. The Morgan fingerprint density at radius 2 is 1.65 bits per heavy atom. The predicted molar refractivity (Wildman–Crippen MR) is 174 cm³/mol. The molecule has 0 saturated heterocycles. The molecule has 3 aromatic carbocycles. The molecule has 0 saturated carbocycles. The fourth-order valence-corrected chi connectivity index (χ4v) is 6.93. The number of nitrogens with zero attached hydrogens (tertiary/aromatic N) is 2. The first-order valence-electron chi connectivity index (χ1n) is 13.5. The molecule has 1 unspecified atom stereocenters. The molecular weight excluding hydrogens is 601 g/mol. The third-order valence-electron chi connectivity index (χ3n) is 7.28. The van der Waals surface area contributed by atoms with Gasteiger partial charge in [-0.05, 0) is 85.5 Å². The van der Waals surface area contributed by atoms with Crippen molar-refractivity contribution in [2.75, 3.05) is 12.5 Å². The fraction of sp³-hybridized carbons (Fsp3) is 0.212. The number of aliphatic hydroxyl groups is 1. The maximum Gasteiger partial charge on any atom is 0.175 e. The maximum atomic E-state index is 12.4. The van der Waals surface area contributed by atoms with E-state index in [0.717, 1.165) is 38.7 Å². The van der Waals surface area contributed by atoms with Crippen molar-refractivity contribution in [1.82, 2.24) is 9.97 Å². The van der Waals surface area contributed by atoms with Crippen LogP contribution in [-0.2, 0) is 25.3 Å². The number of hydrogen-bond acceptors (Lipinski definition) is 8. The van der Waals surface area contributed by atoms with E-state index in [1.54, 1.807) is 57.4 Å². The lowest BCUT2D eigenvalue weighted by Crippen LogP contribution is -2.12. The maximum absolute atomic E-state index is 12.4. The molecule has 0 aliphatic carbocycles. The second-order valence-corrected chi connectivity index (χ2v) is 16.6. The molecule has 5 rings (SSSR count). The van der Waals surface area contributed by atoms with Gasteiger partial charge in [0.15, 0.2) is 19.7 Å². The molecule has 5 aromatic rings. The van der Waals surface area contributed by atoms with Gasteiger partial charge in [0, 0.05) is 41.4 Å². The Morgan fingerprint density at radius 3 is 2.28 bits per heavy atom. The van der Waals surface area contributed by atoms with Gasteiger partial charge in [0.2, 0.25) is 0 Å². The van der Waals surface area contributed by atoms with Crippen molar-refractivity contribution in [3.05, 3.63) is 112 Å². The van der Waals surface area contributed by atoms with Crippen LogP contribution in [0.1, 0.15) is 52.6 Å². The van der Waals surface area contributed by atoms with Crippen molar-refractivity contribution < 1.29 is 21.9 Å². The van der Waals surface area contributed by atoms with Crippen LogP contribution in [-0.4, -0.2) is 44.4 Å². The highest BCUT2D eigenvalue weighted by Gasteiger charge is 2.22. The summed E-state index contributed by atoms with van der Waals surface area (Å²) in [6, 6.07) is 22.0. The van der Waals surface area contributed by atoms with Gasteiger partial charge in [-0.1, -0.05) is 36.4 Å². The minimum atomic E-state index is -3.37. The van der Waals surface area contributed by atoms with Gasteiger partial charge in [-0.15, -0.1) is 11.3 Å². The topological polar surface area (TPSA) is 114 Å². The molecule has 0 radical (unpaired) electrons. The van der Waals surface area contributed by atoms with Crippen LogP contribution < -0.4 is 0 Å².